The molecule has 2 rings (SSSR count). The largest absolute Gasteiger partial charge is 0.508 e. The van der Waals surface area contributed by atoms with Crippen LogP contribution in [0.1, 0.15) is 18.5 Å². The van der Waals surface area contributed by atoms with E-state index in [0.717, 1.165) is 18.7 Å². The minimum atomic E-state index is 0.0338. The molecule has 0 aliphatic rings. The maximum Gasteiger partial charge on any atom is 0.119 e. The van der Waals surface area contributed by atoms with Crippen molar-refractivity contribution in [1.82, 2.24) is 20.3 Å². The van der Waals surface area contributed by atoms with Gasteiger partial charge in [0, 0.05) is 24.8 Å². The topological polar surface area (TPSA) is 83.2 Å². The number of aromatic nitrogens is 3. The monoisotopic (exact) mass is 248 g/mol. The van der Waals surface area contributed by atoms with Gasteiger partial charge in [-0.3, -0.25) is 4.68 Å². The molecule has 0 aliphatic carbocycles. The minimum absolute atomic E-state index is 0.0338. The van der Waals surface area contributed by atoms with Crippen LogP contribution in [0.2, 0.25) is 0 Å². The van der Waals surface area contributed by atoms with Gasteiger partial charge in [-0.05, 0) is 24.6 Å². The van der Waals surface area contributed by atoms with E-state index in [1.807, 2.05) is 6.92 Å². The summed E-state index contributed by atoms with van der Waals surface area (Å²) in [4.78, 5) is 0. The van der Waals surface area contributed by atoms with Gasteiger partial charge < -0.3 is 15.5 Å². The predicted molar refractivity (Wildman–Crippen MR) is 66.2 cm³/mol. The van der Waals surface area contributed by atoms with E-state index < -0.39 is 0 Å². The molecule has 96 valence electrons. The number of nitrogens with one attached hydrogen (secondary N) is 1. The number of rotatable bonds is 5. The number of hydrogen-bond donors (Lipinski definition) is 3. The number of benzene rings is 1. The summed E-state index contributed by atoms with van der Waals surface area (Å²) in [5, 5.41) is 29.7. The molecule has 1 heterocycles. The van der Waals surface area contributed by atoms with Crippen molar-refractivity contribution in [1.29, 1.82) is 0 Å². The first-order chi connectivity index (χ1) is 8.65. The van der Waals surface area contributed by atoms with Crippen molar-refractivity contribution in [3.05, 3.63) is 36.2 Å². The Morgan fingerprint density at radius 3 is 2.61 bits per heavy atom. The van der Waals surface area contributed by atoms with Gasteiger partial charge in [0.25, 0.3) is 0 Å². The third kappa shape index (κ3) is 3.21. The average molecular weight is 248 g/mol. The average Bonchev–Trinajstić information content (AvgIpc) is 2.80. The molecule has 18 heavy (non-hydrogen) atoms. The van der Waals surface area contributed by atoms with Gasteiger partial charge in [0.1, 0.15) is 11.5 Å². The van der Waals surface area contributed by atoms with Crippen LogP contribution in [0, 0.1) is 0 Å². The zero-order chi connectivity index (χ0) is 13.0. The van der Waals surface area contributed by atoms with E-state index in [1.54, 1.807) is 29.2 Å². The maximum atomic E-state index is 9.41. The molecule has 0 bridgehead atoms. The molecule has 0 saturated carbocycles. The van der Waals surface area contributed by atoms with Gasteiger partial charge in [-0.15, -0.1) is 5.10 Å². The Morgan fingerprint density at radius 1 is 1.28 bits per heavy atom. The van der Waals surface area contributed by atoms with Crippen LogP contribution < -0.4 is 5.32 Å². The van der Waals surface area contributed by atoms with E-state index >= 15 is 0 Å². The van der Waals surface area contributed by atoms with Gasteiger partial charge in [0.15, 0.2) is 0 Å². The Hall–Kier alpha value is -2.08. The number of phenols is 2. The molecule has 6 heteroatoms. The molecule has 1 aromatic carbocycles. The summed E-state index contributed by atoms with van der Waals surface area (Å²) >= 11 is 0. The summed E-state index contributed by atoms with van der Waals surface area (Å²) in [5.74, 6) is 0.129. The molecule has 0 saturated heterocycles. The highest BCUT2D eigenvalue weighted by molar-refractivity contribution is 5.37. The molecule has 0 aliphatic heterocycles. The summed E-state index contributed by atoms with van der Waals surface area (Å²) in [5.41, 5.74) is 0.839. The van der Waals surface area contributed by atoms with Crippen molar-refractivity contribution in [2.75, 3.05) is 6.54 Å². The first-order valence-electron chi connectivity index (χ1n) is 5.75. The zero-order valence-electron chi connectivity index (χ0n) is 10.1. The highest BCUT2D eigenvalue weighted by Gasteiger charge is 2.07. The molecule has 1 atom stereocenters. The van der Waals surface area contributed by atoms with E-state index in [4.69, 9.17) is 0 Å². The fourth-order valence-corrected chi connectivity index (χ4v) is 1.73. The highest BCUT2D eigenvalue weighted by atomic mass is 16.3. The second-order valence-corrected chi connectivity index (χ2v) is 4.12. The molecular formula is C12H16N4O2. The Kier molecular flexibility index (Phi) is 3.78. The second-order valence-electron chi connectivity index (χ2n) is 4.12. The minimum Gasteiger partial charge on any atom is -0.508 e. The fourth-order valence-electron chi connectivity index (χ4n) is 1.73. The Bertz CT molecular complexity index is 479. The molecule has 3 N–H and O–H groups in total. The molecule has 2 aromatic rings. The molecule has 6 nitrogen and oxygen atoms in total. The van der Waals surface area contributed by atoms with E-state index in [0.29, 0.717) is 0 Å². The lowest BCUT2D eigenvalue weighted by Crippen LogP contribution is -2.23. The van der Waals surface area contributed by atoms with Crippen molar-refractivity contribution < 1.29 is 10.2 Å². The lowest BCUT2D eigenvalue weighted by Gasteiger charge is -2.14. The number of aromatic hydroxyl groups is 2. The smallest absolute Gasteiger partial charge is 0.119 e. The van der Waals surface area contributed by atoms with Crippen LogP contribution in [0.25, 0.3) is 0 Å². The second kappa shape index (κ2) is 5.50. The van der Waals surface area contributed by atoms with E-state index in [9.17, 15) is 10.2 Å². The van der Waals surface area contributed by atoms with Crippen LogP contribution in [0.3, 0.4) is 0 Å². The van der Waals surface area contributed by atoms with Crippen LogP contribution in [0.15, 0.2) is 30.6 Å². The van der Waals surface area contributed by atoms with Crippen LogP contribution >= 0.6 is 0 Å². The van der Waals surface area contributed by atoms with Gasteiger partial charge in [-0.2, -0.15) is 0 Å². The van der Waals surface area contributed by atoms with E-state index in [1.165, 1.54) is 6.07 Å². The lowest BCUT2D eigenvalue weighted by molar-refractivity contribution is 0.444. The molecule has 0 amide bonds. The zero-order valence-corrected chi connectivity index (χ0v) is 10.1. The Morgan fingerprint density at radius 2 is 2.00 bits per heavy atom. The fraction of sp³-hybridized carbons (Fsp3) is 0.333. The van der Waals surface area contributed by atoms with Crippen LogP contribution in [0.5, 0.6) is 11.5 Å². The van der Waals surface area contributed by atoms with Crippen LogP contribution in [-0.4, -0.2) is 31.8 Å². The lowest BCUT2D eigenvalue weighted by atomic mass is 10.1. The van der Waals surface area contributed by atoms with Crippen molar-refractivity contribution in [3.8, 4) is 11.5 Å². The normalized spacial score (nSPS) is 12.5. The number of nitrogens with zero attached hydrogens (tertiary/aromatic N) is 3. The van der Waals surface area contributed by atoms with Crippen molar-refractivity contribution in [2.24, 2.45) is 0 Å². The third-order valence-electron chi connectivity index (χ3n) is 2.69. The summed E-state index contributed by atoms with van der Waals surface area (Å²) in [6, 6.07) is 4.61. The highest BCUT2D eigenvalue weighted by Crippen LogP contribution is 2.24. The standard InChI is InChI=1S/C12H16N4O2/c1-9(10-6-11(17)8-12(18)7-10)13-2-4-16-5-3-14-15-16/h3,5-9,13,17-18H,2,4H2,1H3. The number of phenolic OH excluding ortho intramolecular Hbond substituents is 2. The summed E-state index contributed by atoms with van der Waals surface area (Å²) in [6.07, 6.45) is 3.43. The van der Waals surface area contributed by atoms with Gasteiger partial charge >= 0.3 is 0 Å². The van der Waals surface area contributed by atoms with Crippen molar-refractivity contribution in [2.45, 2.75) is 19.5 Å². The number of hydrogen-bond acceptors (Lipinski definition) is 5. The summed E-state index contributed by atoms with van der Waals surface area (Å²) in [6.45, 7) is 3.41. The Balaban J connectivity index is 1.89. The molecule has 0 radical (unpaired) electrons. The Labute approximate surface area is 105 Å². The first kappa shape index (κ1) is 12.4. The predicted octanol–water partition coefficient (Wildman–Crippen LogP) is 1.04. The van der Waals surface area contributed by atoms with Crippen molar-refractivity contribution in [3.63, 3.8) is 0 Å². The van der Waals surface area contributed by atoms with Gasteiger partial charge in [-0.25, -0.2) is 0 Å². The molecule has 1 aromatic heterocycles. The third-order valence-corrected chi connectivity index (χ3v) is 2.69. The van der Waals surface area contributed by atoms with Crippen LogP contribution in [0.4, 0.5) is 0 Å². The molecule has 1 unspecified atom stereocenters. The van der Waals surface area contributed by atoms with E-state index in [-0.39, 0.29) is 17.5 Å². The SMILES string of the molecule is CC(NCCn1ccnn1)c1cc(O)cc(O)c1. The molecule has 0 spiro atoms. The quantitative estimate of drug-likeness (QED) is 0.736. The van der Waals surface area contributed by atoms with Gasteiger partial charge in [-0.1, -0.05) is 5.21 Å². The van der Waals surface area contributed by atoms with E-state index in [2.05, 4.69) is 15.6 Å². The van der Waals surface area contributed by atoms with Crippen molar-refractivity contribution >= 4 is 0 Å². The van der Waals surface area contributed by atoms with Crippen LogP contribution in [-0.2, 0) is 6.54 Å². The summed E-state index contributed by atoms with van der Waals surface area (Å²) in [7, 11) is 0. The van der Waals surface area contributed by atoms with Gasteiger partial charge in [0.2, 0.25) is 0 Å². The maximum absolute atomic E-state index is 9.41. The molecule has 0 fully saturated rings. The first-order valence-corrected chi connectivity index (χ1v) is 5.75. The van der Waals surface area contributed by atoms with Gasteiger partial charge in [0.05, 0.1) is 12.7 Å². The summed E-state index contributed by atoms with van der Waals surface area (Å²) < 4.78 is 1.74. The molecular weight excluding hydrogens is 232 g/mol.